The van der Waals surface area contributed by atoms with Gasteiger partial charge in [0.1, 0.15) is 5.82 Å². The van der Waals surface area contributed by atoms with Crippen LogP contribution in [0.4, 0.5) is 4.39 Å². The first-order chi connectivity index (χ1) is 9.77. The van der Waals surface area contributed by atoms with Crippen molar-refractivity contribution in [3.8, 4) is 0 Å². The van der Waals surface area contributed by atoms with Gasteiger partial charge >= 0.3 is 0 Å². The topological polar surface area (TPSA) is 15.3 Å². The van der Waals surface area contributed by atoms with Crippen molar-refractivity contribution in [2.75, 3.05) is 26.2 Å². The minimum Gasteiger partial charge on any atom is -0.314 e. The molecule has 1 aromatic rings. The van der Waals surface area contributed by atoms with E-state index < -0.39 is 0 Å². The van der Waals surface area contributed by atoms with Gasteiger partial charge in [-0.25, -0.2) is 4.39 Å². The summed E-state index contributed by atoms with van der Waals surface area (Å²) in [4.78, 5) is 2.55. The quantitative estimate of drug-likeness (QED) is 0.780. The molecule has 0 amide bonds. The summed E-state index contributed by atoms with van der Waals surface area (Å²) < 4.78 is 14.6. The molecule has 2 fully saturated rings. The van der Waals surface area contributed by atoms with E-state index in [0.717, 1.165) is 31.7 Å². The van der Waals surface area contributed by atoms with Crippen LogP contribution in [-0.2, 0) is 0 Å². The third kappa shape index (κ3) is 4.35. The predicted molar refractivity (Wildman–Crippen MR) is 97.7 cm³/mol. The highest BCUT2D eigenvalue weighted by molar-refractivity contribution is 9.10. The lowest BCUT2D eigenvalue weighted by Gasteiger charge is -2.39. The zero-order valence-corrected chi connectivity index (χ0v) is 15.8. The highest BCUT2D eigenvalue weighted by Crippen LogP contribution is 2.42. The second-order valence-electron chi connectivity index (χ2n) is 5.92. The molecule has 126 valence electrons. The van der Waals surface area contributed by atoms with E-state index in [9.17, 15) is 4.39 Å². The van der Waals surface area contributed by atoms with Gasteiger partial charge in [-0.1, -0.05) is 25.0 Å². The Morgan fingerprint density at radius 2 is 1.77 bits per heavy atom. The fourth-order valence-corrected chi connectivity index (χ4v) is 4.23. The monoisotopic (exact) mass is 412 g/mol. The Kier molecular flexibility index (Phi) is 8.65. The van der Waals surface area contributed by atoms with E-state index in [4.69, 9.17) is 0 Å². The Balaban J connectivity index is 0.00000121. The molecule has 0 spiro atoms. The molecule has 1 aliphatic heterocycles. The molecule has 0 unspecified atom stereocenters. The molecular weight excluding hydrogens is 390 g/mol. The van der Waals surface area contributed by atoms with Gasteiger partial charge < -0.3 is 5.32 Å². The van der Waals surface area contributed by atoms with Crippen molar-refractivity contribution in [2.24, 2.45) is 5.92 Å². The fourth-order valence-electron chi connectivity index (χ4n) is 3.73. The summed E-state index contributed by atoms with van der Waals surface area (Å²) in [6.07, 6.45) is 5.19. The molecule has 1 saturated carbocycles. The van der Waals surface area contributed by atoms with E-state index in [1.807, 2.05) is 6.07 Å². The number of halogens is 4. The zero-order valence-electron chi connectivity index (χ0n) is 12.6. The molecule has 1 aromatic carbocycles. The van der Waals surface area contributed by atoms with Crippen molar-refractivity contribution in [3.63, 3.8) is 0 Å². The van der Waals surface area contributed by atoms with Crippen molar-refractivity contribution < 1.29 is 4.39 Å². The molecule has 2 nitrogen and oxygen atoms in total. The van der Waals surface area contributed by atoms with Crippen molar-refractivity contribution >= 4 is 40.7 Å². The highest BCUT2D eigenvalue weighted by atomic mass is 79.9. The number of hydrogen-bond donors (Lipinski definition) is 1. The smallest absolute Gasteiger partial charge is 0.137 e. The Morgan fingerprint density at radius 3 is 2.41 bits per heavy atom. The summed E-state index contributed by atoms with van der Waals surface area (Å²) in [5, 5.41) is 3.41. The van der Waals surface area contributed by atoms with E-state index in [1.165, 1.54) is 31.7 Å². The molecule has 1 N–H and O–H groups in total. The Morgan fingerprint density at radius 1 is 1.14 bits per heavy atom. The van der Waals surface area contributed by atoms with E-state index in [2.05, 4.69) is 32.2 Å². The normalized spacial score (nSPS) is 21.0. The molecule has 0 aromatic heterocycles. The molecule has 0 bridgehead atoms. The average Bonchev–Trinajstić information content (AvgIpc) is 2.99. The first-order valence-electron chi connectivity index (χ1n) is 7.66. The third-order valence-corrected chi connectivity index (χ3v) is 5.53. The van der Waals surface area contributed by atoms with Gasteiger partial charge in [0.05, 0.1) is 4.47 Å². The summed E-state index contributed by atoms with van der Waals surface area (Å²) in [5.41, 5.74) is 1.14. The number of rotatable bonds is 3. The molecule has 1 aliphatic carbocycles. The molecular formula is C16H24BrCl2FN2. The Bertz CT molecular complexity index is 463. The van der Waals surface area contributed by atoms with Crippen LogP contribution < -0.4 is 5.32 Å². The maximum atomic E-state index is 13.9. The number of benzene rings is 1. The SMILES string of the molecule is Cl.Cl.Fc1cccc([C@H](C2CCCC2)N2CCNCC2)c1Br. The van der Waals surface area contributed by atoms with Crippen molar-refractivity contribution in [1.29, 1.82) is 0 Å². The number of nitrogens with zero attached hydrogens (tertiary/aromatic N) is 1. The zero-order chi connectivity index (χ0) is 13.9. The van der Waals surface area contributed by atoms with E-state index in [-0.39, 0.29) is 30.6 Å². The van der Waals surface area contributed by atoms with Crippen LogP contribution in [0.2, 0.25) is 0 Å². The predicted octanol–water partition coefficient (Wildman–Crippen LogP) is 4.57. The van der Waals surface area contributed by atoms with Crippen LogP contribution >= 0.6 is 40.7 Å². The lowest BCUT2D eigenvalue weighted by molar-refractivity contribution is 0.125. The van der Waals surface area contributed by atoms with Crippen LogP contribution in [-0.4, -0.2) is 31.1 Å². The molecule has 1 heterocycles. The van der Waals surface area contributed by atoms with E-state index in [1.54, 1.807) is 0 Å². The molecule has 1 atom stereocenters. The fraction of sp³-hybridized carbons (Fsp3) is 0.625. The second-order valence-corrected chi connectivity index (χ2v) is 6.71. The average molecular weight is 414 g/mol. The summed E-state index contributed by atoms with van der Waals surface area (Å²) in [6.45, 7) is 4.19. The number of hydrogen-bond acceptors (Lipinski definition) is 2. The van der Waals surface area contributed by atoms with Gasteiger partial charge in [0.25, 0.3) is 0 Å². The Hall–Kier alpha value is 0.130. The third-order valence-electron chi connectivity index (χ3n) is 4.69. The van der Waals surface area contributed by atoms with Gasteiger partial charge in [0.2, 0.25) is 0 Å². The van der Waals surface area contributed by atoms with Crippen LogP contribution in [0.5, 0.6) is 0 Å². The summed E-state index contributed by atoms with van der Waals surface area (Å²) in [7, 11) is 0. The first kappa shape index (κ1) is 20.2. The molecule has 6 heteroatoms. The van der Waals surface area contributed by atoms with Gasteiger partial charge in [-0.3, -0.25) is 4.90 Å². The van der Waals surface area contributed by atoms with Gasteiger partial charge in [-0.05, 0) is 46.3 Å². The summed E-state index contributed by atoms with van der Waals surface area (Å²) >= 11 is 3.48. The van der Waals surface area contributed by atoms with Crippen molar-refractivity contribution in [1.82, 2.24) is 10.2 Å². The first-order valence-corrected chi connectivity index (χ1v) is 8.45. The van der Waals surface area contributed by atoms with Gasteiger partial charge in [-0.2, -0.15) is 0 Å². The van der Waals surface area contributed by atoms with Crippen LogP contribution in [0.1, 0.15) is 37.3 Å². The lowest BCUT2D eigenvalue weighted by Crippen LogP contribution is -2.46. The summed E-state index contributed by atoms with van der Waals surface area (Å²) in [5.74, 6) is 0.534. The Labute approximate surface area is 153 Å². The number of nitrogens with one attached hydrogen (secondary N) is 1. The van der Waals surface area contributed by atoms with E-state index >= 15 is 0 Å². The number of piperazine rings is 1. The van der Waals surface area contributed by atoms with Gasteiger partial charge in [0, 0.05) is 32.2 Å². The second kappa shape index (κ2) is 9.43. The van der Waals surface area contributed by atoms with Crippen molar-refractivity contribution in [3.05, 3.63) is 34.1 Å². The van der Waals surface area contributed by atoms with Crippen LogP contribution in [0.15, 0.2) is 22.7 Å². The molecule has 2 aliphatic rings. The van der Waals surface area contributed by atoms with Crippen LogP contribution in [0, 0.1) is 11.7 Å². The molecule has 22 heavy (non-hydrogen) atoms. The largest absolute Gasteiger partial charge is 0.314 e. The maximum absolute atomic E-state index is 13.9. The minimum absolute atomic E-state index is 0. The van der Waals surface area contributed by atoms with Crippen LogP contribution in [0.25, 0.3) is 0 Å². The van der Waals surface area contributed by atoms with Crippen molar-refractivity contribution in [2.45, 2.75) is 31.7 Å². The molecule has 3 rings (SSSR count). The molecule has 1 saturated heterocycles. The van der Waals surface area contributed by atoms with Gasteiger partial charge in [0.15, 0.2) is 0 Å². The van der Waals surface area contributed by atoms with Crippen LogP contribution in [0.3, 0.4) is 0 Å². The minimum atomic E-state index is -0.138. The lowest BCUT2D eigenvalue weighted by atomic mass is 9.89. The molecule has 0 radical (unpaired) electrons. The summed E-state index contributed by atoms with van der Waals surface area (Å²) in [6, 6.07) is 5.85. The maximum Gasteiger partial charge on any atom is 0.137 e. The highest BCUT2D eigenvalue weighted by Gasteiger charge is 2.33. The van der Waals surface area contributed by atoms with Gasteiger partial charge in [-0.15, -0.1) is 24.8 Å². The van der Waals surface area contributed by atoms with E-state index in [0.29, 0.717) is 16.4 Å². The standard InChI is InChI=1S/C16H22BrFN2.2ClH/c17-15-13(6-3-7-14(15)18)16(12-4-1-2-5-12)20-10-8-19-9-11-20;;/h3,6-7,12,16,19H,1-2,4-5,8-11H2;2*1H/t16-;;/m0../s1.